The minimum absolute atomic E-state index is 0.00383. The van der Waals surface area contributed by atoms with E-state index in [-0.39, 0.29) is 30.6 Å². The van der Waals surface area contributed by atoms with Crippen molar-refractivity contribution in [2.24, 2.45) is 0 Å². The summed E-state index contributed by atoms with van der Waals surface area (Å²) >= 11 is 0. The van der Waals surface area contributed by atoms with Gasteiger partial charge < -0.3 is 5.32 Å². The van der Waals surface area contributed by atoms with Crippen molar-refractivity contribution in [1.29, 1.82) is 0 Å². The predicted octanol–water partition coefficient (Wildman–Crippen LogP) is 4.23. The molecule has 2 rings (SSSR count). The molecule has 1 amide bonds. The van der Waals surface area contributed by atoms with Gasteiger partial charge in [-0.15, -0.1) is 0 Å². The van der Waals surface area contributed by atoms with Gasteiger partial charge in [-0.25, -0.2) is 0 Å². The number of nitrogens with one attached hydrogen (secondary N) is 1. The van der Waals surface area contributed by atoms with Gasteiger partial charge in [-0.05, 0) is 18.9 Å². The Morgan fingerprint density at radius 3 is 2.22 bits per heavy atom. The zero-order chi connectivity index (χ0) is 16.7. The molecule has 0 aliphatic heterocycles. The fraction of sp³-hybridized carbons (Fsp3) is 0.300. The molecule has 120 valence electrons. The molecule has 0 fully saturated rings. The van der Waals surface area contributed by atoms with E-state index in [9.17, 15) is 9.59 Å². The van der Waals surface area contributed by atoms with E-state index in [0.29, 0.717) is 5.56 Å². The number of carbonyl (C=O) groups excluding carboxylic acids is 2. The van der Waals surface area contributed by atoms with Gasteiger partial charge in [-0.1, -0.05) is 67.1 Å². The monoisotopic (exact) mass is 309 g/mol. The quantitative estimate of drug-likeness (QED) is 0.778. The summed E-state index contributed by atoms with van der Waals surface area (Å²) < 4.78 is 0. The molecule has 2 aromatic carbocycles. The first-order chi connectivity index (χ1) is 11.1. The van der Waals surface area contributed by atoms with Crippen molar-refractivity contribution in [3.63, 3.8) is 0 Å². The Hall–Kier alpha value is -2.42. The van der Waals surface area contributed by atoms with Crippen molar-refractivity contribution in [1.82, 2.24) is 5.32 Å². The Kier molecular flexibility index (Phi) is 6.10. The molecule has 3 heteroatoms. The minimum atomic E-state index is -0.0818. The Balaban J connectivity index is 1.88. The second-order valence-corrected chi connectivity index (χ2v) is 5.73. The SMILES string of the molecule is CCC(NC(=O)CCC(=O)c1ccccc1)c1ccc(C)cc1. The Labute approximate surface area is 137 Å². The second-order valence-electron chi connectivity index (χ2n) is 5.73. The van der Waals surface area contributed by atoms with Crippen LogP contribution in [0.25, 0.3) is 0 Å². The van der Waals surface area contributed by atoms with Gasteiger partial charge in [0.15, 0.2) is 5.78 Å². The van der Waals surface area contributed by atoms with Gasteiger partial charge in [-0.2, -0.15) is 0 Å². The van der Waals surface area contributed by atoms with Crippen LogP contribution in [-0.4, -0.2) is 11.7 Å². The topological polar surface area (TPSA) is 46.2 Å². The summed E-state index contributed by atoms with van der Waals surface area (Å²) in [6.07, 6.45) is 1.28. The van der Waals surface area contributed by atoms with E-state index >= 15 is 0 Å². The lowest BCUT2D eigenvalue weighted by Crippen LogP contribution is -2.28. The summed E-state index contributed by atoms with van der Waals surface area (Å²) in [6.45, 7) is 4.08. The summed E-state index contributed by atoms with van der Waals surface area (Å²) in [5.41, 5.74) is 2.95. The molecular weight excluding hydrogens is 286 g/mol. The first-order valence-electron chi connectivity index (χ1n) is 8.04. The summed E-state index contributed by atoms with van der Waals surface area (Å²) in [7, 11) is 0. The first kappa shape index (κ1) is 16.9. The highest BCUT2D eigenvalue weighted by atomic mass is 16.2. The van der Waals surface area contributed by atoms with Crippen LogP contribution >= 0.6 is 0 Å². The molecular formula is C20H23NO2. The third kappa shape index (κ3) is 5.06. The van der Waals surface area contributed by atoms with Gasteiger partial charge in [0.25, 0.3) is 0 Å². The van der Waals surface area contributed by atoms with Gasteiger partial charge >= 0.3 is 0 Å². The molecule has 0 aliphatic carbocycles. The number of hydrogen-bond acceptors (Lipinski definition) is 2. The highest BCUT2D eigenvalue weighted by Crippen LogP contribution is 2.17. The van der Waals surface area contributed by atoms with E-state index in [1.807, 2.05) is 56.3 Å². The van der Waals surface area contributed by atoms with Crippen LogP contribution in [0.15, 0.2) is 54.6 Å². The van der Waals surface area contributed by atoms with Crippen LogP contribution in [0.1, 0.15) is 53.7 Å². The molecule has 1 unspecified atom stereocenters. The fourth-order valence-corrected chi connectivity index (χ4v) is 2.48. The molecule has 1 atom stereocenters. The van der Waals surface area contributed by atoms with Crippen LogP contribution in [0.3, 0.4) is 0 Å². The number of benzene rings is 2. The summed E-state index contributed by atoms with van der Waals surface area (Å²) in [5, 5.41) is 3.02. The van der Waals surface area contributed by atoms with Gasteiger partial charge in [0.2, 0.25) is 5.91 Å². The lowest BCUT2D eigenvalue weighted by Gasteiger charge is -2.17. The molecule has 0 saturated carbocycles. The minimum Gasteiger partial charge on any atom is -0.349 e. The van der Waals surface area contributed by atoms with E-state index in [1.54, 1.807) is 12.1 Å². The second kappa shape index (κ2) is 8.28. The first-order valence-corrected chi connectivity index (χ1v) is 8.04. The highest BCUT2D eigenvalue weighted by Gasteiger charge is 2.14. The third-order valence-corrected chi connectivity index (χ3v) is 3.90. The van der Waals surface area contributed by atoms with Crippen LogP contribution in [0.4, 0.5) is 0 Å². The number of rotatable bonds is 7. The standard InChI is InChI=1S/C20H23NO2/c1-3-18(16-11-9-15(2)10-12-16)21-20(23)14-13-19(22)17-7-5-4-6-8-17/h4-12,18H,3,13-14H2,1-2H3,(H,21,23). The van der Waals surface area contributed by atoms with Crippen LogP contribution in [0.5, 0.6) is 0 Å². The van der Waals surface area contributed by atoms with E-state index in [0.717, 1.165) is 12.0 Å². The fourth-order valence-electron chi connectivity index (χ4n) is 2.48. The Morgan fingerprint density at radius 1 is 0.957 bits per heavy atom. The maximum absolute atomic E-state index is 12.1. The highest BCUT2D eigenvalue weighted by molar-refractivity contribution is 5.97. The van der Waals surface area contributed by atoms with Gasteiger partial charge in [0, 0.05) is 18.4 Å². The molecule has 23 heavy (non-hydrogen) atoms. The molecule has 1 N–H and O–H groups in total. The lowest BCUT2D eigenvalue weighted by molar-refractivity contribution is -0.121. The molecule has 0 saturated heterocycles. The molecule has 0 aromatic heterocycles. The zero-order valence-corrected chi connectivity index (χ0v) is 13.7. The molecule has 0 heterocycles. The smallest absolute Gasteiger partial charge is 0.220 e. The number of hydrogen-bond donors (Lipinski definition) is 1. The average Bonchev–Trinajstić information content (AvgIpc) is 2.59. The summed E-state index contributed by atoms with van der Waals surface area (Å²) in [4.78, 5) is 24.2. The summed E-state index contributed by atoms with van der Waals surface area (Å²) in [5.74, 6) is -0.0779. The van der Waals surface area contributed by atoms with E-state index in [1.165, 1.54) is 5.56 Å². The normalized spacial score (nSPS) is 11.7. The van der Waals surface area contributed by atoms with Crippen molar-refractivity contribution >= 4 is 11.7 Å². The van der Waals surface area contributed by atoms with Crippen molar-refractivity contribution < 1.29 is 9.59 Å². The molecule has 0 aliphatic rings. The van der Waals surface area contributed by atoms with Gasteiger partial charge in [-0.3, -0.25) is 9.59 Å². The average molecular weight is 309 g/mol. The molecule has 2 aromatic rings. The van der Waals surface area contributed by atoms with Gasteiger partial charge in [0.05, 0.1) is 6.04 Å². The van der Waals surface area contributed by atoms with E-state index in [2.05, 4.69) is 5.32 Å². The number of ketones is 1. The molecule has 0 spiro atoms. The Morgan fingerprint density at radius 2 is 1.61 bits per heavy atom. The van der Waals surface area contributed by atoms with Crippen molar-refractivity contribution in [3.8, 4) is 0 Å². The summed E-state index contributed by atoms with van der Waals surface area (Å²) in [6, 6.07) is 17.3. The maximum atomic E-state index is 12.1. The van der Waals surface area contributed by atoms with Crippen LogP contribution in [0.2, 0.25) is 0 Å². The molecule has 3 nitrogen and oxygen atoms in total. The predicted molar refractivity (Wildman–Crippen MR) is 92.4 cm³/mol. The lowest BCUT2D eigenvalue weighted by atomic mass is 10.0. The number of amides is 1. The van der Waals surface area contributed by atoms with Crippen molar-refractivity contribution in [3.05, 3.63) is 71.3 Å². The van der Waals surface area contributed by atoms with Crippen molar-refractivity contribution in [2.45, 2.75) is 39.2 Å². The molecule has 0 radical (unpaired) electrons. The number of carbonyl (C=O) groups is 2. The van der Waals surface area contributed by atoms with E-state index < -0.39 is 0 Å². The van der Waals surface area contributed by atoms with Gasteiger partial charge in [0.1, 0.15) is 0 Å². The maximum Gasteiger partial charge on any atom is 0.220 e. The molecule has 0 bridgehead atoms. The van der Waals surface area contributed by atoms with Crippen LogP contribution < -0.4 is 5.32 Å². The third-order valence-electron chi connectivity index (χ3n) is 3.90. The number of aryl methyl sites for hydroxylation is 1. The van der Waals surface area contributed by atoms with Crippen LogP contribution in [-0.2, 0) is 4.79 Å². The Bertz CT molecular complexity index is 647. The van der Waals surface area contributed by atoms with Crippen LogP contribution in [0, 0.1) is 6.92 Å². The van der Waals surface area contributed by atoms with E-state index in [4.69, 9.17) is 0 Å². The number of Topliss-reactive ketones (excluding diaryl/α,β-unsaturated/α-hetero) is 1. The zero-order valence-electron chi connectivity index (χ0n) is 13.7. The van der Waals surface area contributed by atoms with Crippen molar-refractivity contribution in [2.75, 3.05) is 0 Å². The largest absolute Gasteiger partial charge is 0.349 e.